The molecule has 0 saturated heterocycles. The molecule has 0 atom stereocenters. The van der Waals surface area contributed by atoms with Crippen molar-refractivity contribution in [3.05, 3.63) is 65.7 Å². The van der Waals surface area contributed by atoms with Crippen molar-refractivity contribution in [2.75, 3.05) is 31.3 Å². The number of ether oxygens (including phenoxy) is 1. The van der Waals surface area contributed by atoms with E-state index in [0.29, 0.717) is 5.56 Å². The molecule has 0 aromatic heterocycles. The van der Waals surface area contributed by atoms with E-state index in [2.05, 4.69) is 20.8 Å². The third kappa shape index (κ3) is 7.88. The second kappa shape index (κ2) is 13.6. The first kappa shape index (κ1) is 24.6. The molecule has 0 N–H and O–H groups in total. The van der Waals surface area contributed by atoms with Gasteiger partial charge in [0.25, 0.3) is 0 Å². The Morgan fingerprint density at radius 1 is 0.700 bits per heavy atom. The summed E-state index contributed by atoms with van der Waals surface area (Å²) in [6.45, 7) is 7.78. The number of rotatable bonds is 15. The molecule has 0 bridgehead atoms. The van der Waals surface area contributed by atoms with Crippen molar-refractivity contribution in [2.24, 2.45) is 0 Å². The first-order chi connectivity index (χ1) is 14.6. The quantitative estimate of drug-likeness (QED) is 0.167. The van der Waals surface area contributed by atoms with Gasteiger partial charge in [-0.25, -0.2) is 0 Å². The maximum absolute atomic E-state index is 12.5. The number of carbonyl (C=O) groups excluding carboxylic acids is 1. The number of hydrogen-bond donors (Lipinski definition) is 0. The fourth-order valence-electron chi connectivity index (χ4n) is 4.48. The van der Waals surface area contributed by atoms with Crippen LogP contribution in [0.4, 0.5) is 0 Å². The molecule has 0 aliphatic carbocycles. The summed E-state index contributed by atoms with van der Waals surface area (Å²) in [5.41, 5.74) is 1.43. The zero-order valence-corrected chi connectivity index (χ0v) is 20.3. The van der Waals surface area contributed by atoms with Crippen LogP contribution in [0.15, 0.2) is 54.6 Å². The van der Waals surface area contributed by atoms with Crippen LogP contribution in [-0.2, 0) is 0 Å². The van der Waals surface area contributed by atoms with E-state index in [1.54, 1.807) is 0 Å². The molecule has 0 aliphatic rings. The number of hydrogen-bond acceptors (Lipinski definition) is 2. The molecule has 0 unspecified atom stereocenters. The second-order valence-corrected chi connectivity index (χ2v) is 13.6. The third-order valence-corrected chi connectivity index (χ3v) is 12.0. The maximum atomic E-state index is 12.5. The van der Waals surface area contributed by atoms with Crippen molar-refractivity contribution in [3.8, 4) is 5.75 Å². The average Bonchev–Trinajstić information content (AvgIpc) is 2.79. The van der Waals surface area contributed by atoms with Gasteiger partial charge in [0, 0.05) is 0 Å². The van der Waals surface area contributed by atoms with Gasteiger partial charge in [0.2, 0.25) is 0 Å². The summed E-state index contributed by atoms with van der Waals surface area (Å²) in [4.78, 5) is 12.5. The monoisotopic (exact) mass is 428 g/mol. The van der Waals surface area contributed by atoms with Crippen molar-refractivity contribution in [1.82, 2.24) is 0 Å². The zero-order valence-electron chi connectivity index (χ0n) is 19.3. The molecule has 0 aliphatic heterocycles. The van der Waals surface area contributed by atoms with Gasteiger partial charge in [-0.3, -0.25) is 0 Å². The molecule has 0 saturated carbocycles. The van der Waals surface area contributed by atoms with E-state index in [9.17, 15) is 4.79 Å². The van der Waals surface area contributed by atoms with Gasteiger partial charge in [-0.1, -0.05) is 6.07 Å². The zero-order chi connectivity index (χ0) is 21.7. The Balaban J connectivity index is 1.87. The summed E-state index contributed by atoms with van der Waals surface area (Å²) in [6.07, 6.45) is 13.8. The summed E-state index contributed by atoms with van der Waals surface area (Å²) in [5.74, 6) is 0.925. The van der Waals surface area contributed by atoms with E-state index in [-0.39, 0.29) is 5.78 Å². The second-order valence-electron chi connectivity index (χ2n) is 8.63. The van der Waals surface area contributed by atoms with Crippen LogP contribution in [0.5, 0.6) is 5.75 Å². The van der Waals surface area contributed by atoms with Gasteiger partial charge in [0.1, 0.15) is 0 Å². The number of carbonyl (C=O) groups is 1. The van der Waals surface area contributed by atoms with Crippen LogP contribution in [0, 0.1) is 0 Å². The molecule has 0 fully saturated rings. The van der Waals surface area contributed by atoms with Crippen LogP contribution in [0.3, 0.4) is 0 Å². The van der Waals surface area contributed by atoms with Gasteiger partial charge in [-0.05, 0) is 0 Å². The van der Waals surface area contributed by atoms with Gasteiger partial charge in [0.05, 0.1) is 0 Å². The van der Waals surface area contributed by atoms with Gasteiger partial charge in [-0.15, -0.1) is 0 Å². The molecule has 0 heterocycles. The number of ketones is 1. The van der Waals surface area contributed by atoms with Crippen molar-refractivity contribution < 1.29 is 9.53 Å². The van der Waals surface area contributed by atoms with Crippen LogP contribution in [0.1, 0.15) is 75.2 Å². The summed E-state index contributed by atoms with van der Waals surface area (Å²) in [7, 11) is -1.16. The minimum absolute atomic E-state index is 0.0596. The molecule has 0 amide bonds. The van der Waals surface area contributed by atoms with E-state index in [0.717, 1.165) is 24.3 Å². The van der Waals surface area contributed by atoms with Gasteiger partial charge < -0.3 is 0 Å². The van der Waals surface area contributed by atoms with E-state index in [1.807, 2.05) is 54.6 Å². The van der Waals surface area contributed by atoms with Gasteiger partial charge >= 0.3 is 179 Å². The van der Waals surface area contributed by atoms with E-state index >= 15 is 0 Å². The molecule has 0 spiro atoms. The van der Waals surface area contributed by atoms with Gasteiger partial charge in [-0.2, -0.15) is 0 Å². The normalized spacial score (nSPS) is 12.0. The topological polar surface area (TPSA) is 26.3 Å². The van der Waals surface area contributed by atoms with Crippen molar-refractivity contribution in [3.63, 3.8) is 0 Å². The Morgan fingerprint density at radius 3 is 1.83 bits per heavy atom. The van der Waals surface area contributed by atoms with Gasteiger partial charge in [0.15, 0.2) is 0 Å². The fraction of sp³-hybridized carbons (Fsp3) is 0.519. The van der Waals surface area contributed by atoms with E-state index in [4.69, 9.17) is 4.74 Å². The Bertz CT molecular complexity index is 716. The number of benzene rings is 2. The summed E-state index contributed by atoms with van der Waals surface area (Å²) in [5, 5.41) is 0. The first-order valence-corrected chi connectivity index (χ1v) is 14.8. The predicted octanol–water partition coefficient (Wildman–Crippen LogP) is 7.45. The minimum atomic E-state index is -1.16. The Kier molecular flexibility index (Phi) is 11.2. The van der Waals surface area contributed by atoms with Crippen LogP contribution < -0.4 is 4.74 Å². The molecule has 2 aromatic rings. The molecule has 3 heteroatoms. The molecule has 2 aromatic carbocycles. The molecule has 30 heavy (non-hydrogen) atoms. The molecule has 0 radical (unpaired) electrons. The predicted molar refractivity (Wildman–Crippen MR) is 134 cm³/mol. The van der Waals surface area contributed by atoms with Crippen LogP contribution in [0.2, 0.25) is 0 Å². The Labute approximate surface area is 184 Å². The van der Waals surface area contributed by atoms with E-state index in [1.165, 1.54) is 56.8 Å². The number of unbranched alkanes of at least 4 members (excludes halogenated alkanes) is 2. The Hall–Kier alpha value is -1.66. The van der Waals surface area contributed by atoms with Crippen molar-refractivity contribution >= 4 is 13.0 Å². The SMILES string of the molecule is CCCC[PH](CCC)(CCCC)CCCOc1ccc(C(=O)c2ccccc2)cc1. The molecule has 2 rings (SSSR count). The summed E-state index contributed by atoms with van der Waals surface area (Å²) < 4.78 is 6.04. The molecule has 166 valence electrons. The first-order valence-electron chi connectivity index (χ1n) is 12.0. The summed E-state index contributed by atoms with van der Waals surface area (Å²) >= 11 is 0. The Morgan fingerprint density at radius 2 is 1.27 bits per heavy atom. The third-order valence-electron chi connectivity index (χ3n) is 6.17. The van der Waals surface area contributed by atoms with Crippen LogP contribution >= 0.6 is 7.26 Å². The van der Waals surface area contributed by atoms with Crippen LogP contribution in [-0.4, -0.2) is 37.0 Å². The van der Waals surface area contributed by atoms with Crippen molar-refractivity contribution in [2.45, 2.75) is 59.3 Å². The molecule has 2 nitrogen and oxygen atoms in total. The van der Waals surface area contributed by atoms with Crippen molar-refractivity contribution in [1.29, 1.82) is 0 Å². The molecular weight excluding hydrogens is 387 g/mol. The summed E-state index contributed by atoms with van der Waals surface area (Å²) in [6, 6.07) is 17.1. The fourth-order valence-corrected chi connectivity index (χ4v) is 10.1. The molecular formula is C27H41O2P. The standard InChI is InChI=1S/C27H41O2P/c1-4-7-21-30(20-6-3,22-8-5-2)23-12-19-29-26-17-15-25(16-18-26)27(28)24-13-10-9-11-14-24/h9-11,13-18,30H,4-8,12,19-23H2,1-3H3. The average molecular weight is 429 g/mol. The van der Waals surface area contributed by atoms with Crippen LogP contribution in [0.25, 0.3) is 0 Å². The van der Waals surface area contributed by atoms with E-state index < -0.39 is 7.26 Å².